The minimum Gasteiger partial charge on any atom is -0.497 e. The Labute approximate surface area is 193 Å². The van der Waals surface area contributed by atoms with E-state index in [0.29, 0.717) is 32.5 Å². The molecule has 1 aliphatic rings. The van der Waals surface area contributed by atoms with Crippen LogP contribution in [0.25, 0.3) is 10.4 Å². The van der Waals surface area contributed by atoms with Gasteiger partial charge < -0.3 is 14.5 Å². The molecular weight excluding hydrogens is 420 g/mol. The quantitative estimate of drug-likeness (QED) is 0.570. The Morgan fingerprint density at radius 3 is 2.56 bits per heavy atom. The van der Waals surface area contributed by atoms with Gasteiger partial charge in [-0.15, -0.1) is 11.3 Å². The maximum absolute atomic E-state index is 13.1. The first kappa shape index (κ1) is 22.1. The van der Waals surface area contributed by atoms with Crippen LogP contribution in [0, 0.1) is 5.92 Å². The summed E-state index contributed by atoms with van der Waals surface area (Å²) in [6.45, 7) is 1.55. The van der Waals surface area contributed by atoms with Gasteiger partial charge in [0.15, 0.2) is 0 Å². The lowest BCUT2D eigenvalue weighted by atomic mass is 9.93. The van der Waals surface area contributed by atoms with Gasteiger partial charge in [-0.25, -0.2) is 0 Å². The fourth-order valence-electron chi connectivity index (χ4n) is 4.17. The van der Waals surface area contributed by atoms with Crippen molar-refractivity contribution < 1.29 is 14.3 Å². The van der Waals surface area contributed by atoms with E-state index < -0.39 is 0 Å². The number of thiophene rings is 1. The monoisotopic (exact) mass is 448 g/mol. The van der Waals surface area contributed by atoms with E-state index in [1.165, 1.54) is 10.4 Å². The molecule has 1 saturated heterocycles. The molecule has 2 heterocycles. The number of benzene rings is 2. The Kier molecular flexibility index (Phi) is 6.90. The van der Waals surface area contributed by atoms with E-state index in [1.54, 1.807) is 23.3 Å². The molecule has 1 aliphatic heterocycles. The Morgan fingerprint density at radius 1 is 1.06 bits per heavy atom. The zero-order valence-electron chi connectivity index (χ0n) is 18.5. The van der Waals surface area contributed by atoms with Gasteiger partial charge >= 0.3 is 0 Å². The fraction of sp³-hybridized carbons (Fsp3) is 0.308. The van der Waals surface area contributed by atoms with Gasteiger partial charge in [0.2, 0.25) is 11.8 Å². The van der Waals surface area contributed by atoms with Crippen LogP contribution in [0.15, 0.2) is 66.0 Å². The van der Waals surface area contributed by atoms with Crippen LogP contribution in [0.5, 0.6) is 5.75 Å². The van der Waals surface area contributed by atoms with Crippen LogP contribution in [-0.4, -0.2) is 55.4 Å². The molecule has 2 amide bonds. The van der Waals surface area contributed by atoms with Gasteiger partial charge in [-0.1, -0.05) is 42.5 Å². The van der Waals surface area contributed by atoms with Crippen molar-refractivity contribution in [2.75, 3.05) is 33.8 Å². The molecule has 4 rings (SSSR count). The first-order valence-corrected chi connectivity index (χ1v) is 11.7. The van der Waals surface area contributed by atoms with E-state index in [4.69, 9.17) is 4.74 Å². The summed E-state index contributed by atoms with van der Waals surface area (Å²) in [5.41, 5.74) is 3.25. The van der Waals surface area contributed by atoms with Gasteiger partial charge in [-0.05, 0) is 46.7 Å². The van der Waals surface area contributed by atoms with E-state index in [0.717, 1.165) is 16.9 Å². The SMILES string of the molecule is COc1ccc(CC(=O)N2CCN(C)C(=O)C(Cc3ccccc3-c3cccs3)C2)cc1. The van der Waals surface area contributed by atoms with Crippen LogP contribution < -0.4 is 4.74 Å². The van der Waals surface area contributed by atoms with Crippen molar-refractivity contribution in [2.24, 2.45) is 5.92 Å². The lowest BCUT2D eigenvalue weighted by molar-refractivity contribution is -0.133. The highest BCUT2D eigenvalue weighted by Gasteiger charge is 2.31. The molecule has 0 radical (unpaired) electrons. The first-order chi connectivity index (χ1) is 15.5. The summed E-state index contributed by atoms with van der Waals surface area (Å²) in [4.78, 5) is 31.0. The second-order valence-electron chi connectivity index (χ2n) is 8.16. The van der Waals surface area contributed by atoms with Crippen molar-refractivity contribution >= 4 is 23.2 Å². The molecule has 1 atom stereocenters. The minimum atomic E-state index is -0.261. The largest absolute Gasteiger partial charge is 0.497 e. The number of likely N-dealkylation sites (N-methyl/N-ethyl adjacent to an activating group) is 1. The fourth-order valence-corrected chi connectivity index (χ4v) is 4.96. The maximum Gasteiger partial charge on any atom is 0.227 e. The molecule has 1 fully saturated rings. The van der Waals surface area contributed by atoms with E-state index in [9.17, 15) is 9.59 Å². The van der Waals surface area contributed by atoms with Crippen LogP contribution in [0.3, 0.4) is 0 Å². The second kappa shape index (κ2) is 10.0. The van der Waals surface area contributed by atoms with Gasteiger partial charge in [-0.2, -0.15) is 0 Å². The molecule has 1 unspecified atom stereocenters. The molecule has 166 valence electrons. The summed E-state index contributed by atoms with van der Waals surface area (Å²) in [6.07, 6.45) is 0.934. The van der Waals surface area contributed by atoms with Crippen LogP contribution in [0.2, 0.25) is 0 Å². The predicted molar refractivity (Wildman–Crippen MR) is 128 cm³/mol. The van der Waals surface area contributed by atoms with Crippen molar-refractivity contribution in [3.8, 4) is 16.2 Å². The summed E-state index contributed by atoms with van der Waals surface area (Å²) in [7, 11) is 3.46. The van der Waals surface area contributed by atoms with Crippen LogP contribution >= 0.6 is 11.3 Å². The highest BCUT2D eigenvalue weighted by Crippen LogP contribution is 2.30. The van der Waals surface area contributed by atoms with E-state index in [1.807, 2.05) is 54.4 Å². The lowest BCUT2D eigenvalue weighted by Crippen LogP contribution is -2.38. The van der Waals surface area contributed by atoms with Crippen LogP contribution in [-0.2, 0) is 22.4 Å². The maximum atomic E-state index is 13.1. The molecule has 2 aromatic carbocycles. The summed E-state index contributed by atoms with van der Waals surface area (Å²) >= 11 is 1.70. The molecule has 0 bridgehead atoms. The summed E-state index contributed by atoms with van der Waals surface area (Å²) in [6, 6.07) is 20.0. The molecule has 32 heavy (non-hydrogen) atoms. The number of methoxy groups -OCH3 is 1. The van der Waals surface area contributed by atoms with Crippen molar-refractivity contribution in [2.45, 2.75) is 12.8 Å². The number of amides is 2. The van der Waals surface area contributed by atoms with Gasteiger partial charge in [-0.3, -0.25) is 9.59 Å². The van der Waals surface area contributed by atoms with Crippen molar-refractivity contribution in [1.82, 2.24) is 9.80 Å². The normalized spacial score (nSPS) is 16.7. The van der Waals surface area contributed by atoms with Gasteiger partial charge in [0.1, 0.15) is 5.75 Å². The Balaban J connectivity index is 1.52. The van der Waals surface area contributed by atoms with Crippen molar-refractivity contribution in [3.05, 3.63) is 77.2 Å². The molecule has 0 aliphatic carbocycles. The Morgan fingerprint density at radius 2 is 1.84 bits per heavy atom. The number of nitrogens with zero attached hydrogens (tertiary/aromatic N) is 2. The highest BCUT2D eigenvalue weighted by atomic mass is 32.1. The average molecular weight is 449 g/mol. The van der Waals surface area contributed by atoms with E-state index in [2.05, 4.69) is 23.6 Å². The Hall–Kier alpha value is -3.12. The number of rotatable bonds is 6. The number of hydrogen-bond donors (Lipinski definition) is 0. The third-order valence-corrected chi connectivity index (χ3v) is 6.91. The Bertz CT molecular complexity index is 1060. The first-order valence-electron chi connectivity index (χ1n) is 10.8. The third-order valence-electron chi connectivity index (χ3n) is 6.01. The van der Waals surface area contributed by atoms with Gasteiger partial charge in [0.25, 0.3) is 0 Å². The molecule has 0 spiro atoms. The predicted octanol–water partition coefficient (Wildman–Crippen LogP) is 4.13. The van der Waals surface area contributed by atoms with Crippen molar-refractivity contribution in [1.29, 1.82) is 0 Å². The zero-order valence-corrected chi connectivity index (χ0v) is 19.3. The van der Waals surface area contributed by atoms with Crippen LogP contribution in [0.4, 0.5) is 0 Å². The molecule has 0 saturated carbocycles. The van der Waals surface area contributed by atoms with Gasteiger partial charge in [0, 0.05) is 31.6 Å². The minimum absolute atomic E-state index is 0.0507. The lowest BCUT2D eigenvalue weighted by Gasteiger charge is -2.24. The molecule has 1 aromatic heterocycles. The number of carbonyl (C=O) groups is 2. The summed E-state index contributed by atoms with van der Waals surface area (Å²) in [5, 5.41) is 2.07. The van der Waals surface area contributed by atoms with E-state index >= 15 is 0 Å². The number of ether oxygens (including phenoxy) is 1. The standard InChI is InChI=1S/C26H28N2O3S/c1-27-13-14-28(25(29)16-19-9-11-22(31-2)12-10-19)18-21(26(27)30)17-20-6-3-4-7-23(20)24-8-5-15-32-24/h3-12,15,21H,13-14,16-18H2,1-2H3. The molecule has 3 aromatic rings. The smallest absolute Gasteiger partial charge is 0.227 e. The summed E-state index contributed by atoms with van der Waals surface area (Å²) in [5.74, 6) is 0.664. The van der Waals surface area contributed by atoms with Gasteiger partial charge in [0.05, 0.1) is 19.4 Å². The van der Waals surface area contributed by atoms with E-state index in [-0.39, 0.29) is 17.7 Å². The number of hydrogen-bond acceptors (Lipinski definition) is 4. The topological polar surface area (TPSA) is 49.9 Å². The summed E-state index contributed by atoms with van der Waals surface area (Å²) < 4.78 is 5.20. The molecular formula is C26H28N2O3S. The zero-order chi connectivity index (χ0) is 22.5. The van der Waals surface area contributed by atoms with Crippen LogP contribution in [0.1, 0.15) is 11.1 Å². The highest BCUT2D eigenvalue weighted by molar-refractivity contribution is 7.13. The third kappa shape index (κ3) is 5.02. The molecule has 6 heteroatoms. The second-order valence-corrected chi connectivity index (χ2v) is 9.11. The van der Waals surface area contributed by atoms with Crippen molar-refractivity contribution in [3.63, 3.8) is 0 Å². The number of carbonyl (C=O) groups excluding carboxylic acids is 2. The average Bonchev–Trinajstić information content (AvgIpc) is 3.31. The molecule has 0 N–H and O–H groups in total. The molecule has 5 nitrogen and oxygen atoms in total.